The molecular weight excluding hydrogens is 915 g/mol. The van der Waals surface area contributed by atoms with Gasteiger partial charge in [0.2, 0.25) is 0 Å². The van der Waals surface area contributed by atoms with Crippen molar-refractivity contribution in [2.75, 3.05) is 0 Å². The minimum Gasteiger partial charge on any atom is -0.455 e. The van der Waals surface area contributed by atoms with Crippen LogP contribution in [0.5, 0.6) is 0 Å². The van der Waals surface area contributed by atoms with Gasteiger partial charge in [-0.3, -0.25) is 0 Å². The van der Waals surface area contributed by atoms with Crippen LogP contribution in [-0.4, -0.2) is 24.1 Å². The Morgan fingerprint density at radius 2 is 0.640 bits per heavy atom. The highest BCUT2D eigenvalue weighted by molar-refractivity contribution is 6.29. The van der Waals surface area contributed by atoms with Gasteiger partial charge >= 0.3 is 0 Å². The lowest BCUT2D eigenvalue weighted by atomic mass is 9.92. The summed E-state index contributed by atoms with van der Waals surface area (Å²) in [7, 11) is 0. The van der Waals surface area contributed by atoms with Crippen molar-refractivity contribution in [3.63, 3.8) is 0 Å². The van der Waals surface area contributed by atoms with Crippen LogP contribution in [0.2, 0.25) is 0 Å². The minimum absolute atomic E-state index is 0.582. The first-order valence-corrected chi connectivity index (χ1v) is 25.3. The summed E-state index contributed by atoms with van der Waals surface area (Å²) in [5.74, 6) is 1.79. The molecule has 4 heterocycles. The summed E-state index contributed by atoms with van der Waals surface area (Å²) in [5.41, 5.74) is 17.4. The molecule has 0 unspecified atom stereocenters. The molecule has 0 atom stereocenters. The Kier molecular flexibility index (Phi) is 9.78. The zero-order valence-electron chi connectivity index (χ0n) is 40.5. The van der Waals surface area contributed by atoms with Crippen LogP contribution in [0.15, 0.2) is 265 Å². The lowest BCUT2D eigenvalue weighted by molar-refractivity contribution is 0.677. The average Bonchev–Trinajstić information content (AvgIpc) is 4.31. The standard InChI is InChI=1S/C69H43N5O/c1-6-20-44(21-7-1)45-34-36-49(37-35-45)68-70-67(48-26-12-4-13-27-48)71-69(72-68)50-42-56(46-22-8-2-9-23-46)64(57(43-50)47-24-10-3-11-25-47)74-59-33-19-17-31-55(59)63-61(74)41-39-53-52-38-40-60-62(65(52)75-66(53)63)54-30-16-18-32-58(54)73(60)51-28-14-5-15-29-51/h1-43H. The van der Waals surface area contributed by atoms with Crippen LogP contribution in [-0.2, 0) is 0 Å². The zero-order chi connectivity index (χ0) is 49.4. The predicted molar refractivity (Wildman–Crippen MR) is 308 cm³/mol. The smallest absolute Gasteiger partial charge is 0.164 e. The molecule has 0 fully saturated rings. The second-order valence-corrected chi connectivity index (χ2v) is 19.1. The summed E-state index contributed by atoms with van der Waals surface area (Å²) < 4.78 is 12.2. The fourth-order valence-corrected chi connectivity index (χ4v) is 11.4. The number of rotatable bonds is 8. The Bertz CT molecular complexity index is 4600. The van der Waals surface area contributed by atoms with Gasteiger partial charge in [-0.05, 0) is 82.9 Å². The normalized spacial score (nSPS) is 11.7. The Labute approximate surface area is 431 Å². The fourth-order valence-electron chi connectivity index (χ4n) is 11.4. The topological polar surface area (TPSA) is 61.7 Å². The van der Waals surface area contributed by atoms with Crippen LogP contribution in [0, 0.1) is 0 Å². The number of aromatic nitrogens is 5. The molecule has 6 heteroatoms. The first kappa shape index (κ1) is 42.5. The number of nitrogens with zero attached hydrogens (tertiary/aromatic N) is 5. The van der Waals surface area contributed by atoms with Crippen molar-refractivity contribution in [3.8, 4) is 78.9 Å². The van der Waals surface area contributed by atoms with Crippen molar-refractivity contribution in [2.24, 2.45) is 0 Å². The van der Waals surface area contributed by atoms with Gasteiger partial charge in [0.15, 0.2) is 17.5 Å². The Hall–Kier alpha value is -10.2. The van der Waals surface area contributed by atoms with Crippen LogP contribution < -0.4 is 0 Å². The van der Waals surface area contributed by atoms with Gasteiger partial charge in [0.1, 0.15) is 11.2 Å². The number of hydrogen-bond donors (Lipinski definition) is 0. The van der Waals surface area contributed by atoms with Crippen LogP contribution in [0.4, 0.5) is 0 Å². The molecule has 0 radical (unpaired) electrons. The van der Waals surface area contributed by atoms with E-state index in [2.05, 4.69) is 246 Å². The summed E-state index contributed by atoms with van der Waals surface area (Å²) in [4.78, 5) is 15.8. The lowest BCUT2D eigenvalue weighted by Gasteiger charge is -2.21. The first-order valence-electron chi connectivity index (χ1n) is 25.3. The van der Waals surface area contributed by atoms with E-state index in [1.54, 1.807) is 0 Å². The van der Waals surface area contributed by atoms with E-state index in [0.717, 1.165) is 127 Å². The molecule has 0 bridgehead atoms. The van der Waals surface area contributed by atoms with Gasteiger partial charge in [-0.25, -0.2) is 15.0 Å². The van der Waals surface area contributed by atoms with Gasteiger partial charge in [-0.15, -0.1) is 0 Å². The fraction of sp³-hybridized carbons (Fsp3) is 0. The molecule has 0 aliphatic carbocycles. The van der Waals surface area contributed by atoms with Gasteiger partial charge in [0.25, 0.3) is 0 Å². The third-order valence-electron chi connectivity index (χ3n) is 14.8. The largest absolute Gasteiger partial charge is 0.455 e. The molecule has 11 aromatic carbocycles. The SMILES string of the molecule is c1ccc(-c2ccc(-c3nc(-c4ccccc4)nc(-c4cc(-c5ccccc5)c(-n5c6ccccc6c6c7oc8c(ccc9c8c8ccccc8n9-c8ccccc8)c7ccc65)c(-c5ccccc5)c4)n3)cc2)cc1. The van der Waals surface area contributed by atoms with Gasteiger partial charge in [-0.1, -0.05) is 200 Å². The summed E-state index contributed by atoms with van der Waals surface area (Å²) >= 11 is 0. The molecule has 0 N–H and O–H groups in total. The molecule has 6 nitrogen and oxygen atoms in total. The van der Waals surface area contributed by atoms with Gasteiger partial charge < -0.3 is 13.6 Å². The summed E-state index contributed by atoms with van der Waals surface area (Å²) in [6.07, 6.45) is 0. The van der Waals surface area contributed by atoms with Crippen LogP contribution in [0.3, 0.4) is 0 Å². The number of fused-ring (bicyclic) bond motifs is 11. The van der Waals surface area contributed by atoms with Crippen LogP contribution >= 0.6 is 0 Å². The Balaban J connectivity index is 0.999. The molecule has 0 aliphatic heterocycles. The number of benzene rings is 11. The van der Waals surface area contributed by atoms with Gasteiger partial charge in [0.05, 0.1) is 38.5 Å². The van der Waals surface area contributed by atoms with E-state index in [-0.39, 0.29) is 0 Å². The number of hydrogen-bond acceptors (Lipinski definition) is 4. The molecule has 0 amide bonds. The van der Waals surface area contributed by atoms with E-state index in [0.29, 0.717) is 17.5 Å². The van der Waals surface area contributed by atoms with E-state index in [9.17, 15) is 0 Å². The van der Waals surface area contributed by atoms with Crippen LogP contribution in [0.25, 0.3) is 144 Å². The maximum absolute atomic E-state index is 7.38. The van der Waals surface area contributed by atoms with Crippen molar-refractivity contribution >= 4 is 65.6 Å². The molecule has 0 saturated carbocycles. The number of furan rings is 1. The predicted octanol–water partition coefficient (Wildman–Crippen LogP) is 18.0. The summed E-state index contributed by atoms with van der Waals surface area (Å²) in [5, 5.41) is 6.60. The Morgan fingerprint density at radius 1 is 0.267 bits per heavy atom. The highest BCUT2D eigenvalue weighted by Crippen LogP contribution is 2.48. The third kappa shape index (κ3) is 6.92. The second kappa shape index (κ2) is 17.3. The minimum atomic E-state index is 0.582. The molecule has 350 valence electrons. The van der Waals surface area contributed by atoms with Crippen molar-refractivity contribution in [3.05, 3.63) is 261 Å². The maximum atomic E-state index is 7.38. The summed E-state index contributed by atoms with van der Waals surface area (Å²) in [6, 6.07) is 92.1. The molecule has 0 saturated heterocycles. The van der Waals surface area contributed by atoms with E-state index in [1.807, 2.05) is 24.3 Å². The molecule has 4 aromatic heterocycles. The first-order chi connectivity index (χ1) is 37.2. The summed E-state index contributed by atoms with van der Waals surface area (Å²) in [6.45, 7) is 0. The molecule has 0 spiro atoms. The van der Waals surface area contributed by atoms with Gasteiger partial charge in [0, 0.05) is 55.0 Å². The quantitative estimate of drug-likeness (QED) is 0.152. The van der Waals surface area contributed by atoms with Crippen LogP contribution in [0.1, 0.15) is 0 Å². The molecular formula is C69H43N5O. The van der Waals surface area contributed by atoms with E-state index in [1.165, 1.54) is 0 Å². The highest BCUT2D eigenvalue weighted by Gasteiger charge is 2.26. The molecule has 15 rings (SSSR count). The monoisotopic (exact) mass is 957 g/mol. The Morgan fingerprint density at radius 3 is 1.16 bits per heavy atom. The molecule has 75 heavy (non-hydrogen) atoms. The highest BCUT2D eigenvalue weighted by atomic mass is 16.3. The lowest BCUT2D eigenvalue weighted by Crippen LogP contribution is -2.04. The average molecular weight is 958 g/mol. The van der Waals surface area contributed by atoms with Crippen molar-refractivity contribution in [2.45, 2.75) is 0 Å². The van der Waals surface area contributed by atoms with Crippen molar-refractivity contribution < 1.29 is 4.42 Å². The number of para-hydroxylation sites is 3. The van der Waals surface area contributed by atoms with Gasteiger partial charge in [-0.2, -0.15) is 0 Å². The third-order valence-corrected chi connectivity index (χ3v) is 14.8. The van der Waals surface area contributed by atoms with Crippen molar-refractivity contribution in [1.82, 2.24) is 24.1 Å². The van der Waals surface area contributed by atoms with Crippen molar-refractivity contribution in [1.29, 1.82) is 0 Å². The molecule has 0 aliphatic rings. The van der Waals surface area contributed by atoms with E-state index in [4.69, 9.17) is 19.4 Å². The zero-order valence-corrected chi connectivity index (χ0v) is 40.5. The second-order valence-electron chi connectivity index (χ2n) is 19.1. The molecule has 15 aromatic rings. The van der Waals surface area contributed by atoms with E-state index >= 15 is 0 Å². The maximum Gasteiger partial charge on any atom is 0.164 e. The van der Waals surface area contributed by atoms with E-state index < -0.39 is 0 Å².